The summed E-state index contributed by atoms with van der Waals surface area (Å²) in [7, 11) is 0. The van der Waals surface area contributed by atoms with Gasteiger partial charge in [-0.1, -0.05) is 264 Å². The van der Waals surface area contributed by atoms with E-state index < -0.39 is 12.1 Å². The van der Waals surface area contributed by atoms with Gasteiger partial charge in [0, 0.05) is 12.8 Å². The number of allylic oxidation sites excluding steroid dienone is 2. The third kappa shape index (κ3) is 49.9. The minimum atomic E-state index is -0.669. The zero-order chi connectivity index (χ0) is 45.8. The number of carbonyl (C=O) groups excluding carboxylic acids is 2. The number of hydrogen-bond acceptors (Lipinski definition) is 5. The van der Waals surface area contributed by atoms with Gasteiger partial charge in [-0.25, -0.2) is 0 Å². The van der Waals surface area contributed by atoms with E-state index in [9.17, 15) is 19.8 Å². The highest BCUT2D eigenvalue weighted by Crippen LogP contribution is 2.17. The van der Waals surface area contributed by atoms with Crippen molar-refractivity contribution in [2.24, 2.45) is 0 Å². The predicted octanol–water partition coefficient (Wildman–Crippen LogP) is 17.3. The molecule has 0 heterocycles. The van der Waals surface area contributed by atoms with Crippen molar-refractivity contribution < 1.29 is 24.5 Å². The number of nitrogens with one attached hydrogen (secondary N) is 1. The van der Waals surface area contributed by atoms with Crippen LogP contribution in [0.15, 0.2) is 12.2 Å². The van der Waals surface area contributed by atoms with Gasteiger partial charge in [0.15, 0.2) is 0 Å². The molecule has 0 bridgehead atoms. The van der Waals surface area contributed by atoms with Crippen LogP contribution in [0.4, 0.5) is 0 Å². The molecule has 0 fully saturated rings. The fourth-order valence-corrected chi connectivity index (χ4v) is 8.93. The molecule has 0 aliphatic rings. The minimum absolute atomic E-state index is 0.00505. The molecule has 0 spiro atoms. The van der Waals surface area contributed by atoms with Crippen molar-refractivity contribution in [3.8, 4) is 0 Å². The van der Waals surface area contributed by atoms with Gasteiger partial charge in [-0.2, -0.15) is 0 Å². The molecule has 2 atom stereocenters. The summed E-state index contributed by atoms with van der Waals surface area (Å²) in [5.74, 6) is -0.0377. The Morgan fingerprint density at radius 3 is 1.13 bits per heavy atom. The van der Waals surface area contributed by atoms with Crippen molar-refractivity contribution in [2.45, 2.75) is 328 Å². The summed E-state index contributed by atoms with van der Waals surface area (Å²) in [6, 6.07) is -0.547. The number of amides is 1. The Labute approximate surface area is 393 Å². The quantitative estimate of drug-likeness (QED) is 0.0321. The molecule has 63 heavy (non-hydrogen) atoms. The minimum Gasteiger partial charge on any atom is -0.466 e. The van der Waals surface area contributed by atoms with Crippen LogP contribution in [0.2, 0.25) is 0 Å². The van der Waals surface area contributed by atoms with E-state index >= 15 is 0 Å². The first-order valence-electron chi connectivity index (χ1n) is 28.4. The zero-order valence-electron chi connectivity index (χ0n) is 42.6. The van der Waals surface area contributed by atoms with E-state index in [1.165, 1.54) is 238 Å². The number of esters is 1. The summed E-state index contributed by atoms with van der Waals surface area (Å²) in [5, 5.41) is 23.3. The molecule has 0 aliphatic carbocycles. The molecule has 6 nitrogen and oxygen atoms in total. The molecule has 0 radical (unpaired) electrons. The van der Waals surface area contributed by atoms with Crippen LogP contribution in [-0.2, 0) is 14.3 Å². The maximum Gasteiger partial charge on any atom is 0.305 e. The van der Waals surface area contributed by atoms with Crippen LogP contribution in [0.5, 0.6) is 0 Å². The fourth-order valence-electron chi connectivity index (χ4n) is 8.93. The molecule has 6 heteroatoms. The molecule has 3 N–H and O–H groups in total. The molecule has 1 amide bonds. The van der Waals surface area contributed by atoms with E-state index in [-0.39, 0.29) is 18.5 Å². The van der Waals surface area contributed by atoms with E-state index in [0.717, 1.165) is 44.9 Å². The van der Waals surface area contributed by atoms with E-state index in [4.69, 9.17) is 4.74 Å². The number of aliphatic hydroxyl groups is 2. The first-order valence-corrected chi connectivity index (χ1v) is 28.4. The lowest BCUT2D eigenvalue weighted by Crippen LogP contribution is -2.45. The van der Waals surface area contributed by atoms with E-state index in [2.05, 4.69) is 31.3 Å². The molecule has 0 saturated heterocycles. The number of ether oxygens (including phenoxy) is 1. The number of carbonyl (C=O) groups is 2. The first kappa shape index (κ1) is 61.6. The highest BCUT2D eigenvalue weighted by Gasteiger charge is 2.20. The van der Waals surface area contributed by atoms with Crippen LogP contribution in [0.25, 0.3) is 0 Å². The summed E-state index contributed by atoms with van der Waals surface area (Å²) in [6.45, 7) is 4.95. The van der Waals surface area contributed by atoms with Gasteiger partial charge in [0.2, 0.25) is 5.91 Å². The first-order chi connectivity index (χ1) is 31.0. The molecule has 374 valence electrons. The second-order valence-electron chi connectivity index (χ2n) is 19.6. The molecule has 0 rings (SSSR count). The standard InChI is InChI=1S/C57H111NO5/c1-3-5-7-9-11-13-15-17-23-26-29-33-37-41-45-49-55(60)54(53-59)58-56(61)50-46-42-38-34-30-27-24-21-19-18-20-22-25-28-32-36-40-44-48-52-63-57(62)51-47-43-39-35-31-16-14-12-10-8-6-4-2/h18-19,54-55,59-60H,3-17,20-53H2,1-2H3,(H,58,61)/b19-18-. The smallest absolute Gasteiger partial charge is 0.305 e. The number of unbranched alkanes of at least 4 members (excludes halogenated alkanes) is 40. The topological polar surface area (TPSA) is 95.9 Å². The van der Waals surface area contributed by atoms with Crippen molar-refractivity contribution >= 4 is 11.9 Å². The lowest BCUT2D eigenvalue weighted by atomic mass is 10.0. The molecular formula is C57H111NO5. The van der Waals surface area contributed by atoms with Gasteiger partial charge in [-0.3, -0.25) is 9.59 Å². The van der Waals surface area contributed by atoms with Crippen molar-refractivity contribution in [1.82, 2.24) is 5.32 Å². The molecular weight excluding hydrogens is 779 g/mol. The Kier molecular flexibility index (Phi) is 52.0. The lowest BCUT2D eigenvalue weighted by molar-refractivity contribution is -0.143. The molecule has 0 saturated carbocycles. The van der Waals surface area contributed by atoms with Gasteiger partial charge >= 0.3 is 5.97 Å². The third-order valence-electron chi connectivity index (χ3n) is 13.3. The SMILES string of the molecule is CCCCCCCCCCCCCCCCCC(O)C(CO)NC(=O)CCCCCCCCC/C=C\CCCCCCCCCCOC(=O)CCCCCCCCCCCCCC. The summed E-state index contributed by atoms with van der Waals surface area (Å²) in [4.78, 5) is 24.5. The van der Waals surface area contributed by atoms with E-state index in [0.29, 0.717) is 25.9 Å². The van der Waals surface area contributed by atoms with Crippen molar-refractivity contribution in [2.75, 3.05) is 13.2 Å². The van der Waals surface area contributed by atoms with Crippen LogP contribution >= 0.6 is 0 Å². The van der Waals surface area contributed by atoms with Crippen LogP contribution in [-0.4, -0.2) is 47.4 Å². The number of aliphatic hydroxyl groups excluding tert-OH is 2. The van der Waals surface area contributed by atoms with E-state index in [1.807, 2.05) is 0 Å². The molecule has 0 aromatic heterocycles. The Balaban J connectivity index is 3.43. The van der Waals surface area contributed by atoms with E-state index in [1.54, 1.807) is 0 Å². The highest BCUT2D eigenvalue weighted by molar-refractivity contribution is 5.76. The second kappa shape index (κ2) is 53.2. The highest BCUT2D eigenvalue weighted by atomic mass is 16.5. The number of hydrogen-bond donors (Lipinski definition) is 3. The van der Waals surface area contributed by atoms with Gasteiger partial charge < -0.3 is 20.3 Å². The zero-order valence-corrected chi connectivity index (χ0v) is 42.6. The van der Waals surface area contributed by atoms with Crippen LogP contribution < -0.4 is 5.32 Å². The van der Waals surface area contributed by atoms with Gasteiger partial charge in [0.1, 0.15) is 0 Å². The molecule has 0 aliphatic heterocycles. The third-order valence-corrected chi connectivity index (χ3v) is 13.3. The average molecular weight is 891 g/mol. The normalized spacial score (nSPS) is 12.6. The van der Waals surface area contributed by atoms with Crippen LogP contribution in [0.3, 0.4) is 0 Å². The Morgan fingerprint density at radius 1 is 0.429 bits per heavy atom. The maximum atomic E-state index is 12.5. The van der Waals surface area contributed by atoms with Crippen molar-refractivity contribution in [1.29, 1.82) is 0 Å². The van der Waals surface area contributed by atoms with Crippen molar-refractivity contribution in [3.63, 3.8) is 0 Å². The molecule has 0 aromatic rings. The van der Waals surface area contributed by atoms with Gasteiger partial charge in [0.25, 0.3) is 0 Å². The van der Waals surface area contributed by atoms with Gasteiger partial charge in [-0.05, 0) is 51.4 Å². The maximum absolute atomic E-state index is 12.5. The Morgan fingerprint density at radius 2 is 0.746 bits per heavy atom. The van der Waals surface area contributed by atoms with Crippen LogP contribution in [0, 0.1) is 0 Å². The average Bonchev–Trinajstić information content (AvgIpc) is 3.28. The predicted molar refractivity (Wildman–Crippen MR) is 273 cm³/mol. The van der Waals surface area contributed by atoms with Crippen molar-refractivity contribution in [3.05, 3.63) is 12.2 Å². The van der Waals surface area contributed by atoms with Crippen LogP contribution in [0.1, 0.15) is 316 Å². The molecule has 0 aromatic carbocycles. The Bertz CT molecular complexity index is 939. The lowest BCUT2D eigenvalue weighted by Gasteiger charge is -2.22. The summed E-state index contributed by atoms with van der Waals surface area (Å²) in [6.07, 6.45) is 62.0. The van der Waals surface area contributed by atoms with Gasteiger partial charge in [0.05, 0.1) is 25.4 Å². The number of rotatable bonds is 53. The second-order valence-corrected chi connectivity index (χ2v) is 19.6. The molecule has 2 unspecified atom stereocenters. The fraction of sp³-hybridized carbons (Fsp3) is 0.930. The largest absolute Gasteiger partial charge is 0.466 e. The summed E-state index contributed by atoms with van der Waals surface area (Å²) in [5.41, 5.74) is 0. The monoisotopic (exact) mass is 890 g/mol. The summed E-state index contributed by atoms with van der Waals surface area (Å²) >= 11 is 0. The summed E-state index contributed by atoms with van der Waals surface area (Å²) < 4.78 is 5.46. The van der Waals surface area contributed by atoms with Gasteiger partial charge in [-0.15, -0.1) is 0 Å². The Hall–Kier alpha value is -1.40.